The fraction of sp³-hybridized carbons (Fsp3) is 0.438. The van der Waals surface area contributed by atoms with E-state index in [1.54, 1.807) is 19.1 Å². The first-order chi connectivity index (χ1) is 11.0. The molecule has 1 aromatic rings. The quantitative estimate of drug-likeness (QED) is 0.830. The fourth-order valence-corrected chi connectivity index (χ4v) is 2.10. The number of nitrogens with zero attached hydrogens (tertiary/aromatic N) is 1. The van der Waals surface area contributed by atoms with Crippen molar-refractivity contribution in [3.63, 3.8) is 0 Å². The molecule has 0 saturated carbocycles. The van der Waals surface area contributed by atoms with Crippen molar-refractivity contribution < 1.29 is 18.8 Å². The SMILES string of the molecule is CCCNC(=O)[C@H](C)NC(=O)[C@H]1CC(c2ccc(F)cc2)=NO1. The van der Waals surface area contributed by atoms with Gasteiger partial charge in [0, 0.05) is 13.0 Å². The second-order valence-corrected chi connectivity index (χ2v) is 5.36. The normalized spacial score (nSPS) is 17.9. The molecule has 2 amide bonds. The summed E-state index contributed by atoms with van der Waals surface area (Å²) in [7, 11) is 0. The molecular formula is C16H20FN3O3. The van der Waals surface area contributed by atoms with Gasteiger partial charge in [-0.3, -0.25) is 9.59 Å². The molecule has 0 aliphatic carbocycles. The van der Waals surface area contributed by atoms with Crippen LogP contribution in [0.15, 0.2) is 29.4 Å². The number of carbonyl (C=O) groups excluding carboxylic acids is 2. The van der Waals surface area contributed by atoms with Crippen LogP contribution in [0.25, 0.3) is 0 Å². The third kappa shape index (κ3) is 4.51. The zero-order valence-corrected chi connectivity index (χ0v) is 13.1. The van der Waals surface area contributed by atoms with E-state index in [1.165, 1.54) is 12.1 Å². The summed E-state index contributed by atoms with van der Waals surface area (Å²) in [6.45, 7) is 4.13. The van der Waals surface area contributed by atoms with Crippen LogP contribution in [-0.2, 0) is 14.4 Å². The van der Waals surface area contributed by atoms with Crippen molar-refractivity contribution in [3.05, 3.63) is 35.6 Å². The van der Waals surface area contributed by atoms with Crippen LogP contribution in [0.4, 0.5) is 4.39 Å². The largest absolute Gasteiger partial charge is 0.382 e. The zero-order valence-electron chi connectivity index (χ0n) is 13.1. The van der Waals surface area contributed by atoms with E-state index in [4.69, 9.17) is 4.84 Å². The molecule has 0 aromatic heterocycles. The molecule has 6 nitrogen and oxygen atoms in total. The summed E-state index contributed by atoms with van der Waals surface area (Å²) in [4.78, 5) is 29.0. The first kappa shape index (κ1) is 16.9. The van der Waals surface area contributed by atoms with Gasteiger partial charge in [0.2, 0.25) is 12.0 Å². The van der Waals surface area contributed by atoms with Crippen LogP contribution >= 0.6 is 0 Å². The van der Waals surface area contributed by atoms with Crippen LogP contribution < -0.4 is 10.6 Å². The Morgan fingerprint density at radius 1 is 1.39 bits per heavy atom. The Kier molecular flexibility index (Phi) is 5.67. The van der Waals surface area contributed by atoms with Crippen molar-refractivity contribution in [2.45, 2.75) is 38.8 Å². The van der Waals surface area contributed by atoms with Gasteiger partial charge in [-0.05, 0) is 31.0 Å². The molecule has 1 aromatic carbocycles. The minimum atomic E-state index is -0.781. The number of carbonyl (C=O) groups is 2. The molecule has 0 unspecified atom stereocenters. The van der Waals surface area contributed by atoms with Crippen molar-refractivity contribution in [2.75, 3.05) is 6.54 Å². The van der Waals surface area contributed by atoms with Crippen molar-refractivity contribution in [2.24, 2.45) is 5.16 Å². The topological polar surface area (TPSA) is 79.8 Å². The summed E-state index contributed by atoms with van der Waals surface area (Å²) >= 11 is 0. The molecule has 1 aliphatic heterocycles. The lowest BCUT2D eigenvalue weighted by molar-refractivity contribution is -0.135. The van der Waals surface area contributed by atoms with E-state index in [2.05, 4.69) is 15.8 Å². The standard InChI is InChI=1S/C16H20FN3O3/c1-3-8-18-15(21)10(2)19-16(22)14-9-13(20-23-14)11-4-6-12(17)7-5-11/h4-7,10,14H,3,8-9H2,1-2H3,(H,18,21)(H,19,22)/t10-,14+/m0/s1. The number of halogens is 1. The Hall–Kier alpha value is -2.44. The molecular weight excluding hydrogens is 301 g/mol. The van der Waals surface area contributed by atoms with Crippen LogP contribution in [0.3, 0.4) is 0 Å². The second-order valence-electron chi connectivity index (χ2n) is 5.36. The number of hydrogen-bond acceptors (Lipinski definition) is 4. The summed E-state index contributed by atoms with van der Waals surface area (Å²) in [6.07, 6.45) is 0.324. The summed E-state index contributed by atoms with van der Waals surface area (Å²) in [5.74, 6) is -0.975. The monoisotopic (exact) mass is 321 g/mol. The zero-order chi connectivity index (χ0) is 16.8. The van der Waals surface area contributed by atoms with E-state index in [1.807, 2.05) is 6.92 Å². The van der Waals surface area contributed by atoms with Crippen LogP contribution in [-0.4, -0.2) is 36.2 Å². The predicted molar refractivity (Wildman–Crippen MR) is 83.3 cm³/mol. The average Bonchev–Trinajstić information content (AvgIpc) is 3.03. The number of hydrogen-bond donors (Lipinski definition) is 2. The van der Waals surface area contributed by atoms with Gasteiger partial charge in [0.05, 0.1) is 5.71 Å². The first-order valence-electron chi connectivity index (χ1n) is 7.58. The van der Waals surface area contributed by atoms with E-state index in [0.717, 1.165) is 6.42 Å². The maximum absolute atomic E-state index is 12.9. The lowest BCUT2D eigenvalue weighted by Crippen LogP contribution is -2.48. The van der Waals surface area contributed by atoms with Crippen LogP contribution in [0, 0.1) is 5.82 Å². The molecule has 0 radical (unpaired) electrons. The molecule has 1 aliphatic rings. The molecule has 124 valence electrons. The lowest BCUT2D eigenvalue weighted by atomic mass is 10.0. The minimum absolute atomic E-state index is 0.238. The number of rotatable bonds is 6. The van der Waals surface area contributed by atoms with Crippen LogP contribution in [0.5, 0.6) is 0 Å². The maximum Gasteiger partial charge on any atom is 0.264 e. The van der Waals surface area contributed by atoms with E-state index in [-0.39, 0.29) is 18.1 Å². The lowest BCUT2D eigenvalue weighted by Gasteiger charge is -2.15. The van der Waals surface area contributed by atoms with Crippen LogP contribution in [0.1, 0.15) is 32.3 Å². The van der Waals surface area contributed by atoms with Gasteiger partial charge in [-0.15, -0.1) is 0 Å². The molecule has 0 spiro atoms. The number of oxime groups is 1. The Morgan fingerprint density at radius 3 is 2.74 bits per heavy atom. The van der Waals surface area contributed by atoms with E-state index >= 15 is 0 Å². The molecule has 0 saturated heterocycles. The summed E-state index contributed by atoms with van der Waals surface area (Å²) in [5.41, 5.74) is 1.28. The molecule has 1 heterocycles. The van der Waals surface area contributed by atoms with Gasteiger partial charge >= 0.3 is 0 Å². The molecule has 0 fully saturated rings. The van der Waals surface area contributed by atoms with Gasteiger partial charge < -0.3 is 15.5 Å². The highest BCUT2D eigenvalue weighted by molar-refractivity contribution is 6.04. The molecule has 23 heavy (non-hydrogen) atoms. The van der Waals surface area contributed by atoms with Gasteiger partial charge in [-0.2, -0.15) is 0 Å². The van der Waals surface area contributed by atoms with Crippen molar-refractivity contribution in [1.82, 2.24) is 10.6 Å². The summed E-state index contributed by atoms with van der Waals surface area (Å²) < 4.78 is 12.9. The van der Waals surface area contributed by atoms with Crippen LogP contribution in [0.2, 0.25) is 0 Å². The fourth-order valence-electron chi connectivity index (χ4n) is 2.10. The predicted octanol–water partition coefficient (Wildman–Crippen LogP) is 1.35. The molecule has 2 N–H and O–H groups in total. The number of nitrogens with one attached hydrogen (secondary N) is 2. The maximum atomic E-state index is 12.9. The Morgan fingerprint density at radius 2 is 2.09 bits per heavy atom. The smallest absolute Gasteiger partial charge is 0.264 e. The molecule has 0 bridgehead atoms. The van der Waals surface area contributed by atoms with Gasteiger partial charge in [0.15, 0.2) is 0 Å². The van der Waals surface area contributed by atoms with Gasteiger partial charge in [-0.1, -0.05) is 24.2 Å². The Balaban J connectivity index is 1.86. The summed E-state index contributed by atoms with van der Waals surface area (Å²) in [5, 5.41) is 9.18. The van der Waals surface area contributed by atoms with E-state index in [0.29, 0.717) is 17.8 Å². The number of amides is 2. The van der Waals surface area contributed by atoms with E-state index < -0.39 is 18.1 Å². The Bertz CT molecular complexity index is 601. The van der Waals surface area contributed by atoms with Crippen molar-refractivity contribution >= 4 is 17.5 Å². The van der Waals surface area contributed by atoms with E-state index in [9.17, 15) is 14.0 Å². The minimum Gasteiger partial charge on any atom is -0.382 e. The number of benzene rings is 1. The first-order valence-corrected chi connectivity index (χ1v) is 7.58. The third-order valence-electron chi connectivity index (χ3n) is 3.44. The highest BCUT2D eigenvalue weighted by Crippen LogP contribution is 2.17. The van der Waals surface area contributed by atoms with Gasteiger partial charge in [-0.25, -0.2) is 4.39 Å². The Labute approximate surface area is 134 Å². The molecule has 2 rings (SSSR count). The summed E-state index contributed by atoms with van der Waals surface area (Å²) in [6, 6.07) is 5.17. The van der Waals surface area contributed by atoms with Crippen molar-refractivity contribution in [3.8, 4) is 0 Å². The molecule has 7 heteroatoms. The van der Waals surface area contributed by atoms with Gasteiger partial charge in [0.25, 0.3) is 5.91 Å². The highest BCUT2D eigenvalue weighted by Gasteiger charge is 2.30. The van der Waals surface area contributed by atoms with Gasteiger partial charge in [0.1, 0.15) is 11.9 Å². The molecule has 2 atom stereocenters. The third-order valence-corrected chi connectivity index (χ3v) is 3.44. The van der Waals surface area contributed by atoms with Crippen molar-refractivity contribution in [1.29, 1.82) is 0 Å². The second kappa shape index (κ2) is 7.71. The highest BCUT2D eigenvalue weighted by atomic mass is 19.1. The average molecular weight is 321 g/mol.